The molecule has 7 heteroatoms. The third-order valence-corrected chi connectivity index (χ3v) is 3.14. The van der Waals surface area contributed by atoms with Gasteiger partial charge >= 0.3 is 0 Å². The van der Waals surface area contributed by atoms with Crippen LogP contribution in [-0.4, -0.2) is 16.2 Å². The van der Waals surface area contributed by atoms with E-state index in [4.69, 9.17) is 9.15 Å². The highest BCUT2D eigenvalue weighted by atomic mass is 19.1. The summed E-state index contributed by atoms with van der Waals surface area (Å²) in [4.78, 5) is 0. The van der Waals surface area contributed by atoms with Gasteiger partial charge in [-0.15, -0.1) is 10.2 Å². The van der Waals surface area contributed by atoms with Crippen molar-refractivity contribution >= 4 is 0 Å². The SMILES string of the molecule is Cc1nnc(COc2c(F)cc(CNC3CC3)cc2F)o1. The number of hydrogen-bond donors (Lipinski definition) is 1. The fourth-order valence-electron chi connectivity index (χ4n) is 1.93. The topological polar surface area (TPSA) is 60.2 Å². The third kappa shape index (κ3) is 3.55. The van der Waals surface area contributed by atoms with E-state index in [1.165, 1.54) is 12.1 Å². The lowest BCUT2D eigenvalue weighted by atomic mass is 10.2. The molecule has 112 valence electrons. The third-order valence-electron chi connectivity index (χ3n) is 3.14. The van der Waals surface area contributed by atoms with Crippen LogP contribution in [0.15, 0.2) is 16.5 Å². The maximum atomic E-state index is 13.9. The number of aromatic nitrogens is 2. The van der Waals surface area contributed by atoms with Crippen molar-refractivity contribution in [2.75, 3.05) is 0 Å². The van der Waals surface area contributed by atoms with Crippen LogP contribution < -0.4 is 10.1 Å². The molecule has 21 heavy (non-hydrogen) atoms. The average Bonchev–Trinajstić information content (AvgIpc) is 3.17. The zero-order chi connectivity index (χ0) is 14.8. The molecule has 0 unspecified atom stereocenters. The average molecular weight is 295 g/mol. The summed E-state index contributed by atoms with van der Waals surface area (Å²) in [7, 11) is 0. The van der Waals surface area contributed by atoms with Crippen LogP contribution in [0, 0.1) is 18.6 Å². The van der Waals surface area contributed by atoms with Gasteiger partial charge in [-0.2, -0.15) is 0 Å². The molecule has 0 amide bonds. The van der Waals surface area contributed by atoms with Gasteiger partial charge in [0.15, 0.2) is 24.0 Å². The second-order valence-electron chi connectivity index (χ2n) is 5.05. The molecule has 0 atom stereocenters. The van der Waals surface area contributed by atoms with Gasteiger partial charge in [0.05, 0.1) is 0 Å². The molecule has 0 spiro atoms. The molecule has 1 aliphatic carbocycles. The van der Waals surface area contributed by atoms with Crippen LogP contribution in [-0.2, 0) is 13.2 Å². The Morgan fingerprint density at radius 1 is 1.29 bits per heavy atom. The molecular formula is C14H15F2N3O2. The number of benzene rings is 1. The van der Waals surface area contributed by atoms with Gasteiger partial charge in [-0.05, 0) is 30.5 Å². The van der Waals surface area contributed by atoms with Gasteiger partial charge in [-0.25, -0.2) is 8.78 Å². The lowest BCUT2D eigenvalue weighted by Crippen LogP contribution is -2.15. The lowest BCUT2D eigenvalue weighted by molar-refractivity contribution is 0.238. The Balaban J connectivity index is 1.66. The van der Waals surface area contributed by atoms with E-state index in [1.807, 2.05) is 0 Å². The van der Waals surface area contributed by atoms with Crippen LogP contribution in [0.25, 0.3) is 0 Å². The van der Waals surface area contributed by atoms with E-state index in [0.717, 1.165) is 12.8 Å². The molecule has 5 nitrogen and oxygen atoms in total. The van der Waals surface area contributed by atoms with Gasteiger partial charge in [-0.1, -0.05) is 0 Å². The van der Waals surface area contributed by atoms with Crippen LogP contribution in [0.1, 0.15) is 30.2 Å². The van der Waals surface area contributed by atoms with Gasteiger partial charge in [-0.3, -0.25) is 0 Å². The summed E-state index contributed by atoms with van der Waals surface area (Å²) >= 11 is 0. The molecule has 0 saturated heterocycles. The number of aryl methyl sites for hydroxylation is 1. The highest BCUT2D eigenvalue weighted by Gasteiger charge is 2.21. The van der Waals surface area contributed by atoms with Gasteiger partial charge in [0.25, 0.3) is 5.89 Å². The van der Waals surface area contributed by atoms with Crippen molar-refractivity contribution in [2.45, 2.75) is 39.0 Å². The summed E-state index contributed by atoms with van der Waals surface area (Å²) in [6, 6.07) is 3.02. The fraction of sp³-hybridized carbons (Fsp3) is 0.429. The molecule has 0 radical (unpaired) electrons. The summed E-state index contributed by atoms with van der Waals surface area (Å²) in [6.07, 6.45) is 2.24. The predicted octanol–water partition coefficient (Wildman–Crippen LogP) is 2.49. The predicted molar refractivity (Wildman–Crippen MR) is 69.6 cm³/mol. The van der Waals surface area contributed by atoms with Gasteiger partial charge in [0.1, 0.15) is 0 Å². The number of hydrogen-bond acceptors (Lipinski definition) is 5. The van der Waals surface area contributed by atoms with Gasteiger partial charge in [0.2, 0.25) is 5.89 Å². The first-order valence-electron chi connectivity index (χ1n) is 6.75. The first-order valence-corrected chi connectivity index (χ1v) is 6.75. The number of nitrogens with zero attached hydrogens (tertiary/aromatic N) is 2. The molecule has 1 N–H and O–H groups in total. The molecule has 1 aromatic heterocycles. The minimum Gasteiger partial charge on any atom is -0.478 e. The standard InChI is InChI=1S/C14H15F2N3O2/c1-8-18-19-13(21-8)7-20-14-11(15)4-9(5-12(14)16)6-17-10-2-3-10/h4-5,10,17H,2-3,6-7H2,1H3. The number of nitrogens with one attached hydrogen (secondary N) is 1. The van der Waals surface area contributed by atoms with Crippen molar-refractivity contribution in [2.24, 2.45) is 0 Å². The molecule has 1 heterocycles. The van der Waals surface area contributed by atoms with Crippen LogP contribution in [0.2, 0.25) is 0 Å². The Morgan fingerprint density at radius 3 is 2.57 bits per heavy atom. The molecule has 3 rings (SSSR count). The zero-order valence-electron chi connectivity index (χ0n) is 11.5. The van der Waals surface area contributed by atoms with Crippen molar-refractivity contribution in [1.82, 2.24) is 15.5 Å². The maximum Gasteiger partial charge on any atom is 0.253 e. The fourth-order valence-corrected chi connectivity index (χ4v) is 1.93. The molecular weight excluding hydrogens is 280 g/mol. The van der Waals surface area contributed by atoms with E-state index in [1.54, 1.807) is 6.92 Å². The van der Waals surface area contributed by atoms with E-state index in [0.29, 0.717) is 24.0 Å². The Bertz CT molecular complexity index is 618. The van der Waals surface area contributed by atoms with Crippen molar-refractivity contribution < 1.29 is 17.9 Å². The molecule has 0 bridgehead atoms. The number of ether oxygens (including phenoxy) is 1. The first kappa shape index (κ1) is 13.9. The first-order chi connectivity index (χ1) is 10.1. The highest BCUT2D eigenvalue weighted by Crippen LogP contribution is 2.25. The van der Waals surface area contributed by atoms with Crippen molar-refractivity contribution in [3.63, 3.8) is 0 Å². The normalized spacial score (nSPS) is 14.4. The monoisotopic (exact) mass is 295 g/mol. The summed E-state index contributed by atoms with van der Waals surface area (Å²) in [5.74, 6) is -1.36. The van der Waals surface area contributed by atoms with Crippen LogP contribution in [0.3, 0.4) is 0 Å². The number of rotatable bonds is 6. The maximum absolute atomic E-state index is 13.9. The Morgan fingerprint density at radius 2 is 2.00 bits per heavy atom. The summed E-state index contributed by atoms with van der Waals surface area (Å²) < 4.78 is 38.0. The molecule has 1 fully saturated rings. The molecule has 1 saturated carbocycles. The Labute approximate surface area is 120 Å². The van der Waals surface area contributed by atoms with E-state index in [9.17, 15) is 8.78 Å². The molecule has 1 aromatic carbocycles. The van der Waals surface area contributed by atoms with E-state index < -0.39 is 17.4 Å². The summed E-state index contributed by atoms with van der Waals surface area (Å²) in [6.45, 7) is 1.90. The van der Waals surface area contributed by atoms with Crippen molar-refractivity contribution in [3.05, 3.63) is 41.1 Å². The second-order valence-corrected chi connectivity index (χ2v) is 5.05. The highest BCUT2D eigenvalue weighted by molar-refractivity contribution is 5.31. The molecule has 0 aliphatic heterocycles. The van der Waals surface area contributed by atoms with Crippen LogP contribution in [0.5, 0.6) is 5.75 Å². The van der Waals surface area contributed by atoms with E-state index in [2.05, 4.69) is 15.5 Å². The Hall–Kier alpha value is -2.02. The van der Waals surface area contributed by atoms with Gasteiger partial charge in [0, 0.05) is 19.5 Å². The minimum atomic E-state index is -0.737. The van der Waals surface area contributed by atoms with Crippen LogP contribution in [0.4, 0.5) is 8.78 Å². The van der Waals surface area contributed by atoms with E-state index >= 15 is 0 Å². The summed E-state index contributed by atoms with van der Waals surface area (Å²) in [5.41, 5.74) is 0.554. The minimum absolute atomic E-state index is 0.172. The smallest absolute Gasteiger partial charge is 0.253 e. The second kappa shape index (κ2) is 5.77. The lowest BCUT2D eigenvalue weighted by Gasteiger charge is -2.09. The van der Waals surface area contributed by atoms with Crippen molar-refractivity contribution in [1.29, 1.82) is 0 Å². The Kier molecular flexibility index (Phi) is 3.83. The molecule has 1 aliphatic rings. The van der Waals surface area contributed by atoms with E-state index in [-0.39, 0.29) is 12.5 Å². The van der Waals surface area contributed by atoms with Gasteiger partial charge < -0.3 is 14.5 Å². The quantitative estimate of drug-likeness (QED) is 0.887. The number of halogens is 2. The molecule has 2 aromatic rings. The van der Waals surface area contributed by atoms with Crippen molar-refractivity contribution in [3.8, 4) is 5.75 Å². The zero-order valence-corrected chi connectivity index (χ0v) is 11.5. The van der Waals surface area contributed by atoms with Crippen LogP contribution >= 0.6 is 0 Å². The summed E-state index contributed by atoms with van der Waals surface area (Å²) in [5, 5.41) is 10.5. The largest absolute Gasteiger partial charge is 0.478 e.